The van der Waals surface area contributed by atoms with Crippen molar-refractivity contribution in [1.29, 1.82) is 0 Å². The molecule has 3 nitrogen and oxygen atoms in total. The van der Waals surface area contributed by atoms with Gasteiger partial charge in [0.15, 0.2) is 0 Å². The zero-order valence-electron chi connectivity index (χ0n) is 10.3. The smallest absolute Gasteiger partial charge is 0.148 e. The molecule has 1 aliphatic rings. The van der Waals surface area contributed by atoms with Crippen LogP contribution in [0.25, 0.3) is 0 Å². The molecule has 2 rings (SSSR count). The number of hydrogen-bond acceptors (Lipinski definition) is 3. The normalized spacial score (nSPS) is 19.2. The second-order valence-corrected chi connectivity index (χ2v) is 4.65. The fraction of sp³-hybridized carbons (Fsp3) is 0.692. The number of fused-ring (bicyclic) bond motifs is 1. The van der Waals surface area contributed by atoms with E-state index in [0.717, 1.165) is 31.1 Å². The van der Waals surface area contributed by atoms with Gasteiger partial charge in [-0.05, 0) is 43.2 Å². The van der Waals surface area contributed by atoms with E-state index in [1.807, 2.05) is 0 Å². The fourth-order valence-electron chi connectivity index (χ4n) is 2.28. The molecule has 0 aliphatic heterocycles. The number of aryl methyl sites for hydroxylation is 1. The van der Waals surface area contributed by atoms with Crippen molar-refractivity contribution in [3.05, 3.63) is 17.3 Å². The van der Waals surface area contributed by atoms with Crippen molar-refractivity contribution in [2.45, 2.75) is 46.0 Å². The number of anilines is 1. The summed E-state index contributed by atoms with van der Waals surface area (Å²) < 4.78 is 0. The Morgan fingerprint density at radius 1 is 1.38 bits per heavy atom. The van der Waals surface area contributed by atoms with Gasteiger partial charge in [-0.15, -0.1) is 5.10 Å². The van der Waals surface area contributed by atoms with Crippen molar-refractivity contribution >= 4 is 5.82 Å². The predicted molar refractivity (Wildman–Crippen MR) is 66.6 cm³/mol. The first-order valence-corrected chi connectivity index (χ1v) is 6.42. The Hall–Kier alpha value is -1.12. The van der Waals surface area contributed by atoms with Crippen LogP contribution in [0.3, 0.4) is 0 Å². The highest BCUT2D eigenvalue weighted by molar-refractivity contribution is 5.39. The number of hydrogen-bond donors (Lipinski definition) is 1. The van der Waals surface area contributed by atoms with Crippen molar-refractivity contribution in [3.63, 3.8) is 0 Å². The van der Waals surface area contributed by atoms with Crippen LogP contribution in [0.1, 0.15) is 44.4 Å². The Morgan fingerprint density at radius 3 is 3.00 bits per heavy atom. The molecule has 1 N–H and O–H groups in total. The van der Waals surface area contributed by atoms with Crippen LogP contribution >= 0.6 is 0 Å². The summed E-state index contributed by atoms with van der Waals surface area (Å²) in [6, 6.07) is 2.19. The van der Waals surface area contributed by atoms with E-state index in [4.69, 9.17) is 0 Å². The quantitative estimate of drug-likeness (QED) is 0.846. The maximum absolute atomic E-state index is 4.33. The second kappa shape index (κ2) is 5.28. The van der Waals surface area contributed by atoms with Crippen molar-refractivity contribution in [1.82, 2.24) is 10.2 Å². The highest BCUT2D eigenvalue weighted by Gasteiger charge is 2.18. The SMILES string of the molecule is CCCNc1cc2c(nn1)CCC(CC)C2. The Bertz CT molecular complexity index is 349. The highest BCUT2D eigenvalue weighted by Crippen LogP contribution is 2.26. The third kappa shape index (κ3) is 2.52. The molecule has 1 aliphatic carbocycles. The molecule has 88 valence electrons. The molecule has 0 amide bonds. The minimum Gasteiger partial charge on any atom is -0.369 e. The molecule has 3 heteroatoms. The number of aromatic nitrogens is 2. The summed E-state index contributed by atoms with van der Waals surface area (Å²) in [6.07, 6.45) is 5.97. The van der Waals surface area contributed by atoms with Crippen LogP contribution in [0.4, 0.5) is 5.82 Å². The van der Waals surface area contributed by atoms with Gasteiger partial charge in [0.2, 0.25) is 0 Å². The van der Waals surface area contributed by atoms with Crippen molar-refractivity contribution in [2.75, 3.05) is 11.9 Å². The molecule has 1 unspecified atom stereocenters. The molecule has 1 aromatic rings. The third-order valence-electron chi connectivity index (χ3n) is 3.39. The van der Waals surface area contributed by atoms with Gasteiger partial charge < -0.3 is 5.32 Å². The summed E-state index contributed by atoms with van der Waals surface area (Å²) in [5, 5.41) is 11.9. The molecule has 0 bridgehead atoms. The van der Waals surface area contributed by atoms with Gasteiger partial charge >= 0.3 is 0 Å². The average Bonchev–Trinajstić information content (AvgIpc) is 2.35. The average molecular weight is 219 g/mol. The molecule has 16 heavy (non-hydrogen) atoms. The lowest BCUT2D eigenvalue weighted by atomic mass is 9.85. The van der Waals surface area contributed by atoms with E-state index in [2.05, 4.69) is 35.4 Å². The van der Waals surface area contributed by atoms with Crippen LogP contribution in [0.5, 0.6) is 0 Å². The second-order valence-electron chi connectivity index (χ2n) is 4.65. The third-order valence-corrected chi connectivity index (χ3v) is 3.39. The maximum Gasteiger partial charge on any atom is 0.148 e. The molecular weight excluding hydrogens is 198 g/mol. The van der Waals surface area contributed by atoms with Gasteiger partial charge in [-0.1, -0.05) is 20.3 Å². The fourth-order valence-corrected chi connectivity index (χ4v) is 2.28. The molecule has 0 saturated heterocycles. The first-order valence-electron chi connectivity index (χ1n) is 6.42. The van der Waals surface area contributed by atoms with Crippen molar-refractivity contribution in [3.8, 4) is 0 Å². The van der Waals surface area contributed by atoms with Gasteiger partial charge in [-0.3, -0.25) is 0 Å². The lowest BCUT2D eigenvalue weighted by Gasteiger charge is -2.22. The molecule has 0 aromatic carbocycles. The largest absolute Gasteiger partial charge is 0.369 e. The van der Waals surface area contributed by atoms with E-state index < -0.39 is 0 Å². The van der Waals surface area contributed by atoms with Gasteiger partial charge in [0.1, 0.15) is 5.82 Å². The molecule has 0 saturated carbocycles. The van der Waals surface area contributed by atoms with Gasteiger partial charge in [0.05, 0.1) is 5.69 Å². The van der Waals surface area contributed by atoms with Crippen LogP contribution in [-0.4, -0.2) is 16.7 Å². The summed E-state index contributed by atoms with van der Waals surface area (Å²) in [5.74, 6) is 1.79. The lowest BCUT2D eigenvalue weighted by molar-refractivity contribution is 0.437. The number of nitrogens with zero attached hydrogens (tertiary/aromatic N) is 2. The zero-order valence-corrected chi connectivity index (χ0v) is 10.3. The van der Waals surface area contributed by atoms with E-state index in [1.54, 1.807) is 0 Å². The minimum absolute atomic E-state index is 0.843. The van der Waals surface area contributed by atoms with Crippen LogP contribution in [-0.2, 0) is 12.8 Å². The predicted octanol–water partition coefficient (Wildman–Crippen LogP) is 2.81. The maximum atomic E-state index is 4.33. The van der Waals surface area contributed by atoms with E-state index in [9.17, 15) is 0 Å². The standard InChI is InChI=1S/C13H21N3/c1-3-7-14-13-9-11-8-10(4-2)5-6-12(11)15-16-13/h9-10H,3-8H2,1-2H3,(H,14,16). The summed E-state index contributed by atoms with van der Waals surface area (Å²) in [5.41, 5.74) is 2.62. The Balaban J connectivity index is 2.11. The summed E-state index contributed by atoms with van der Waals surface area (Å²) in [6.45, 7) is 5.41. The lowest BCUT2D eigenvalue weighted by Crippen LogP contribution is -2.16. The molecule has 1 aromatic heterocycles. The van der Waals surface area contributed by atoms with E-state index in [1.165, 1.54) is 30.5 Å². The zero-order chi connectivity index (χ0) is 11.4. The molecule has 0 radical (unpaired) electrons. The summed E-state index contributed by atoms with van der Waals surface area (Å²) >= 11 is 0. The Kier molecular flexibility index (Phi) is 3.75. The monoisotopic (exact) mass is 219 g/mol. The highest BCUT2D eigenvalue weighted by atomic mass is 15.2. The summed E-state index contributed by atoms with van der Waals surface area (Å²) in [4.78, 5) is 0. The molecule has 1 atom stereocenters. The first-order chi connectivity index (χ1) is 7.83. The number of nitrogens with one attached hydrogen (secondary N) is 1. The van der Waals surface area contributed by atoms with Gasteiger partial charge in [0, 0.05) is 6.54 Å². The minimum atomic E-state index is 0.843. The van der Waals surface area contributed by atoms with Crippen molar-refractivity contribution in [2.24, 2.45) is 5.92 Å². The molecule has 0 fully saturated rings. The number of rotatable bonds is 4. The van der Waals surface area contributed by atoms with E-state index in [-0.39, 0.29) is 0 Å². The van der Waals surface area contributed by atoms with Crippen LogP contribution in [0.2, 0.25) is 0 Å². The van der Waals surface area contributed by atoms with Crippen LogP contribution in [0, 0.1) is 5.92 Å². The molecule has 1 heterocycles. The summed E-state index contributed by atoms with van der Waals surface area (Å²) in [7, 11) is 0. The van der Waals surface area contributed by atoms with Crippen LogP contribution < -0.4 is 5.32 Å². The Morgan fingerprint density at radius 2 is 2.25 bits per heavy atom. The Labute approximate surface area is 97.7 Å². The van der Waals surface area contributed by atoms with E-state index in [0.29, 0.717) is 0 Å². The van der Waals surface area contributed by atoms with Gasteiger partial charge in [0.25, 0.3) is 0 Å². The first kappa shape index (κ1) is 11.4. The molecular formula is C13H21N3. The molecule has 0 spiro atoms. The van der Waals surface area contributed by atoms with Gasteiger partial charge in [-0.2, -0.15) is 5.10 Å². The topological polar surface area (TPSA) is 37.8 Å². The van der Waals surface area contributed by atoms with E-state index >= 15 is 0 Å². The van der Waals surface area contributed by atoms with Gasteiger partial charge in [-0.25, -0.2) is 0 Å². The van der Waals surface area contributed by atoms with Crippen LogP contribution in [0.15, 0.2) is 6.07 Å². The van der Waals surface area contributed by atoms with Crippen molar-refractivity contribution < 1.29 is 0 Å².